The topological polar surface area (TPSA) is 46.5 Å². The number of hydrogen-bond donors (Lipinski definition) is 1. The van der Waals surface area contributed by atoms with Crippen LogP contribution in [0.25, 0.3) is 6.08 Å². The Morgan fingerprint density at radius 1 is 1.10 bits per heavy atom. The average Bonchev–Trinajstić information content (AvgIpc) is 2.46. The molecular weight excluding hydrogens is 252 g/mol. The fourth-order valence-corrected chi connectivity index (χ4v) is 1.74. The van der Waals surface area contributed by atoms with Gasteiger partial charge in [0.15, 0.2) is 0 Å². The van der Waals surface area contributed by atoms with Crippen molar-refractivity contribution in [3.05, 3.63) is 71.8 Å². The summed E-state index contributed by atoms with van der Waals surface area (Å²) in [4.78, 5) is 10.4. The van der Waals surface area contributed by atoms with Crippen LogP contribution in [0.2, 0.25) is 0 Å². The molecule has 0 saturated heterocycles. The summed E-state index contributed by atoms with van der Waals surface area (Å²) in [5.74, 6) is -0.0657. The molecule has 0 heterocycles. The van der Waals surface area contributed by atoms with Crippen LogP contribution in [-0.4, -0.2) is 11.1 Å². The lowest BCUT2D eigenvalue weighted by Crippen LogP contribution is -1.95. The van der Waals surface area contributed by atoms with Crippen molar-refractivity contribution in [3.8, 4) is 5.75 Å². The highest BCUT2D eigenvalue weighted by molar-refractivity contribution is 5.70. The summed E-state index contributed by atoms with van der Waals surface area (Å²) in [5, 5.41) is 8.58. The van der Waals surface area contributed by atoms with Crippen molar-refractivity contribution in [2.45, 2.75) is 13.0 Å². The smallest absolute Gasteiger partial charge is 0.307 e. The predicted octanol–water partition coefficient (Wildman–Crippen LogP) is 3.75. The highest BCUT2D eigenvalue weighted by atomic mass is 16.5. The van der Waals surface area contributed by atoms with Crippen LogP contribution in [0, 0.1) is 0 Å². The van der Waals surface area contributed by atoms with Crippen LogP contribution >= 0.6 is 0 Å². The Morgan fingerprint density at radius 3 is 2.65 bits per heavy atom. The minimum atomic E-state index is -0.835. The van der Waals surface area contributed by atoms with Gasteiger partial charge in [0, 0.05) is 0 Å². The van der Waals surface area contributed by atoms with Crippen molar-refractivity contribution in [3.63, 3.8) is 0 Å². The van der Waals surface area contributed by atoms with Gasteiger partial charge in [0.25, 0.3) is 0 Å². The fourth-order valence-electron chi connectivity index (χ4n) is 1.74. The molecular formula is C17H16O3. The van der Waals surface area contributed by atoms with Crippen LogP contribution in [-0.2, 0) is 11.4 Å². The Kier molecular flexibility index (Phi) is 4.95. The minimum absolute atomic E-state index is 0.0229. The van der Waals surface area contributed by atoms with Gasteiger partial charge in [0.1, 0.15) is 12.4 Å². The van der Waals surface area contributed by atoms with Gasteiger partial charge in [0.2, 0.25) is 0 Å². The van der Waals surface area contributed by atoms with Crippen molar-refractivity contribution >= 4 is 12.0 Å². The van der Waals surface area contributed by atoms with Gasteiger partial charge < -0.3 is 9.84 Å². The number of rotatable bonds is 6. The van der Waals surface area contributed by atoms with Gasteiger partial charge in [-0.15, -0.1) is 0 Å². The van der Waals surface area contributed by atoms with E-state index in [-0.39, 0.29) is 6.42 Å². The van der Waals surface area contributed by atoms with Crippen LogP contribution < -0.4 is 4.74 Å². The zero-order valence-electron chi connectivity index (χ0n) is 11.0. The van der Waals surface area contributed by atoms with E-state index < -0.39 is 5.97 Å². The molecule has 20 heavy (non-hydrogen) atoms. The summed E-state index contributed by atoms with van der Waals surface area (Å²) < 4.78 is 5.71. The normalized spacial score (nSPS) is 10.6. The first-order valence-corrected chi connectivity index (χ1v) is 6.39. The van der Waals surface area contributed by atoms with Crippen molar-refractivity contribution in [1.29, 1.82) is 0 Å². The van der Waals surface area contributed by atoms with E-state index in [1.807, 2.05) is 54.6 Å². The zero-order chi connectivity index (χ0) is 14.2. The fraction of sp³-hybridized carbons (Fsp3) is 0.118. The molecule has 0 aliphatic rings. The Balaban J connectivity index is 1.95. The van der Waals surface area contributed by atoms with E-state index in [0.717, 1.165) is 16.9 Å². The second kappa shape index (κ2) is 7.14. The average molecular weight is 268 g/mol. The maximum absolute atomic E-state index is 10.4. The van der Waals surface area contributed by atoms with Crippen LogP contribution in [0.4, 0.5) is 0 Å². The number of carboxylic acids is 1. The molecule has 3 nitrogen and oxygen atoms in total. The van der Waals surface area contributed by atoms with Crippen molar-refractivity contribution in [2.75, 3.05) is 0 Å². The summed E-state index contributed by atoms with van der Waals surface area (Å²) in [6.07, 6.45) is 3.43. The predicted molar refractivity (Wildman–Crippen MR) is 78.5 cm³/mol. The Labute approximate surface area is 118 Å². The van der Waals surface area contributed by atoms with E-state index in [1.165, 1.54) is 0 Å². The molecule has 0 aliphatic heterocycles. The van der Waals surface area contributed by atoms with E-state index in [9.17, 15) is 4.79 Å². The summed E-state index contributed by atoms with van der Waals surface area (Å²) in [6, 6.07) is 17.5. The van der Waals surface area contributed by atoms with Gasteiger partial charge in [-0.1, -0.05) is 54.6 Å². The summed E-state index contributed by atoms with van der Waals surface area (Å²) in [6.45, 7) is 0.517. The monoisotopic (exact) mass is 268 g/mol. The van der Waals surface area contributed by atoms with Gasteiger partial charge in [-0.2, -0.15) is 0 Å². The SMILES string of the molecule is O=C(O)C/C=C/c1cccc(OCc2ccccc2)c1. The van der Waals surface area contributed by atoms with Gasteiger partial charge >= 0.3 is 5.97 Å². The van der Waals surface area contributed by atoms with Gasteiger partial charge in [-0.3, -0.25) is 4.79 Å². The molecule has 0 aromatic heterocycles. The maximum atomic E-state index is 10.4. The molecule has 0 amide bonds. The maximum Gasteiger partial charge on any atom is 0.307 e. The second-order valence-corrected chi connectivity index (χ2v) is 4.35. The largest absolute Gasteiger partial charge is 0.489 e. The number of benzene rings is 2. The van der Waals surface area contributed by atoms with Crippen LogP contribution in [0.3, 0.4) is 0 Å². The number of aliphatic carboxylic acids is 1. The summed E-state index contributed by atoms with van der Waals surface area (Å²) in [7, 11) is 0. The third-order valence-corrected chi connectivity index (χ3v) is 2.71. The molecule has 1 N–H and O–H groups in total. The first-order chi connectivity index (χ1) is 9.74. The highest BCUT2D eigenvalue weighted by Crippen LogP contribution is 2.16. The van der Waals surface area contributed by atoms with Gasteiger partial charge in [-0.25, -0.2) is 0 Å². The van der Waals surface area contributed by atoms with E-state index in [2.05, 4.69) is 0 Å². The Hall–Kier alpha value is -2.55. The zero-order valence-corrected chi connectivity index (χ0v) is 11.0. The molecule has 0 unspecified atom stereocenters. The molecule has 0 spiro atoms. The van der Waals surface area contributed by atoms with E-state index in [4.69, 9.17) is 9.84 Å². The molecule has 0 saturated carbocycles. The Bertz CT molecular complexity index is 588. The molecule has 0 fully saturated rings. The van der Waals surface area contributed by atoms with Crippen molar-refractivity contribution in [1.82, 2.24) is 0 Å². The molecule has 0 radical (unpaired) electrons. The van der Waals surface area contributed by atoms with E-state index in [0.29, 0.717) is 6.61 Å². The quantitative estimate of drug-likeness (QED) is 0.867. The lowest BCUT2D eigenvalue weighted by Gasteiger charge is -2.06. The highest BCUT2D eigenvalue weighted by Gasteiger charge is 1.97. The molecule has 2 aromatic rings. The third kappa shape index (κ3) is 4.61. The number of carbonyl (C=O) groups is 1. The van der Waals surface area contributed by atoms with E-state index in [1.54, 1.807) is 12.2 Å². The van der Waals surface area contributed by atoms with Gasteiger partial charge in [0.05, 0.1) is 6.42 Å². The number of hydrogen-bond acceptors (Lipinski definition) is 2. The number of ether oxygens (including phenoxy) is 1. The summed E-state index contributed by atoms with van der Waals surface area (Å²) in [5.41, 5.74) is 2.04. The molecule has 0 aliphatic carbocycles. The van der Waals surface area contributed by atoms with E-state index >= 15 is 0 Å². The van der Waals surface area contributed by atoms with Crippen molar-refractivity contribution in [2.24, 2.45) is 0 Å². The molecule has 2 rings (SSSR count). The van der Waals surface area contributed by atoms with Gasteiger partial charge in [-0.05, 0) is 23.3 Å². The molecule has 3 heteroatoms. The summed E-state index contributed by atoms with van der Waals surface area (Å²) >= 11 is 0. The second-order valence-electron chi connectivity index (χ2n) is 4.35. The number of carboxylic acid groups (broad SMARTS) is 1. The third-order valence-electron chi connectivity index (χ3n) is 2.71. The lowest BCUT2D eigenvalue weighted by molar-refractivity contribution is -0.135. The van der Waals surface area contributed by atoms with Crippen molar-refractivity contribution < 1.29 is 14.6 Å². The van der Waals surface area contributed by atoms with Crippen LogP contribution in [0.15, 0.2) is 60.7 Å². The molecule has 102 valence electrons. The first kappa shape index (κ1) is 13.9. The lowest BCUT2D eigenvalue weighted by atomic mass is 10.2. The molecule has 0 bridgehead atoms. The standard InChI is InChI=1S/C17H16O3/c18-17(19)11-5-9-14-8-4-10-16(12-14)20-13-15-6-2-1-3-7-15/h1-10,12H,11,13H2,(H,18,19)/b9-5+. The minimum Gasteiger partial charge on any atom is -0.489 e. The van der Waals surface area contributed by atoms with Crippen LogP contribution in [0.1, 0.15) is 17.5 Å². The molecule has 2 aromatic carbocycles. The molecule has 0 atom stereocenters. The Morgan fingerprint density at radius 2 is 1.90 bits per heavy atom. The van der Waals surface area contributed by atoms with Crippen LogP contribution in [0.5, 0.6) is 5.75 Å². The first-order valence-electron chi connectivity index (χ1n) is 6.39.